The highest BCUT2D eigenvalue weighted by Gasteiger charge is 2.28. The minimum Gasteiger partial charge on any atom is -0.289 e. The molecule has 0 amide bonds. The lowest BCUT2D eigenvalue weighted by Crippen LogP contribution is -2.20. The van der Waals surface area contributed by atoms with Crippen LogP contribution in [0.1, 0.15) is 31.8 Å². The third-order valence-corrected chi connectivity index (χ3v) is 4.29. The Morgan fingerprint density at radius 3 is 1.35 bits per heavy atom. The van der Waals surface area contributed by atoms with Gasteiger partial charge in [0.25, 0.3) is 0 Å². The number of benzene rings is 2. The Labute approximate surface area is 155 Å². The predicted molar refractivity (Wildman–Crippen MR) is 103 cm³/mol. The van der Waals surface area contributed by atoms with E-state index in [9.17, 15) is 9.59 Å². The molecule has 1 N–H and O–H groups in total. The van der Waals surface area contributed by atoms with Gasteiger partial charge in [0.05, 0.1) is 0 Å². The van der Waals surface area contributed by atoms with Crippen LogP contribution in [0.3, 0.4) is 0 Å². The summed E-state index contributed by atoms with van der Waals surface area (Å²) in [7, 11) is 0. The maximum Gasteiger partial charge on any atom is 0.194 e. The number of thiophene rings is 1. The summed E-state index contributed by atoms with van der Waals surface area (Å²) >= 11 is 1.71. The van der Waals surface area contributed by atoms with Crippen molar-refractivity contribution in [1.29, 1.82) is 0 Å². The summed E-state index contributed by atoms with van der Waals surface area (Å²) in [6.45, 7) is 0. The standard InChI is InChI=1S/C14H8O2.C4H4S.C3H4N2/c15-13-9-5-1-2-6-10(9)14(16)12-8-4-3-7-11(12)13;2*1-2-4-5-3-1/h1-8H;1-4H;1-3H,(H,4,5). The number of hydrogen-bond donors (Lipinski definition) is 1. The molecular formula is C21H16N2O2S. The molecular weight excluding hydrogens is 344 g/mol. The van der Waals surface area contributed by atoms with E-state index in [1.54, 1.807) is 72.3 Å². The largest absolute Gasteiger partial charge is 0.289 e. The molecule has 0 fully saturated rings. The highest BCUT2D eigenvalue weighted by molar-refractivity contribution is 7.07. The molecule has 2 heterocycles. The summed E-state index contributed by atoms with van der Waals surface area (Å²) in [6, 6.07) is 19.8. The maximum absolute atomic E-state index is 12.1. The summed E-state index contributed by atoms with van der Waals surface area (Å²) < 4.78 is 0. The van der Waals surface area contributed by atoms with E-state index >= 15 is 0 Å². The number of hydrogen-bond acceptors (Lipinski definition) is 4. The second kappa shape index (κ2) is 8.69. The molecule has 0 saturated heterocycles. The lowest BCUT2D eigenvalue weighted by Gasteiger charge is -2.16. The molecule has 1 aliphatic rings. The summed E-state index contributed by atoms with van der Waals surface area (Å²) in [4.78, 5) is 24.2. The van der Waals surface area contributed by atoms with Crippen LogP contribution < -0.4 is 0 Å². The SMILES string of the molecule is O=C1c2ccccc2C(=O)c2ccccc21.c1ccsc1.c1cn[nH]c1. The number of carbonyl (C=O) groups excluding carboxylic acids is 2. The van der Waals surface area contributed by atoms with Crippen LogP contribution in [0.25, 0.3) is 0 Å². The molecule has 0 saturated carbocycles. The molecule has 2 aromatic heterocycles. The molecule has 1 aliphatic carbocycles. The Balaban J connectivity index is 0.000000159. The Hall–Kier alpha value is -3.31. The molecule has 0 unspecified atom stereocenters. The van der Waals surface area contributed by atoms with E-state index in [-0.39, 0.29) is 11.6 Å². The molecule has 5 rings (SSSR count). The number of nitrogens with one attached hydrogen (secondary N) is 1. The Morgan fingerprint density at radius 2 is 1.12 bits per heavy atom. The summed E-state index contributed by atoms with van der Waals surface area (Å²) in [5.74, 6) is -0.128. The Morgan fingerprint density at radius 1 is 0.654 bits per heavy atom. The number of ketones is 2. The van der Waals surface area contributed by atoms with Crippen molar-refractivity contribution in [3.05, 3.63) is 112 Å². The van der Waals surface area contributed by atoms with Crippen molar-refractivity contribution < 1.29 is 9.59 Å². The first-order valence-corrected chi connectivity index (χ1v) is 8.91. The van der Waals surface area contributed by atoms with E-state index in [1.165, 1.54) is 0 Å². The second-order valence-electron chi connectivity index (χ2n) is 5.31. The third-order valence-electron chi connectivity index (χ3n) is 3.66. The van der Waals surface area contributed by atoms with Crippen LogP contribution in [0.2, 0.25) is 0 Å². The van der Waals surface area contributed by atoms with Crippen LogP contribution in [-0.2, 0) is 0 Å². The zero-order valence-electron chi connectivity index (χ0n) is 13.8. The van der Waals surface area contributed by atoms with Gasteiger partial charge in [-0.05, 0) is 16.8 Å². The smallest absolute Gasteiger partial charge is 0.194 e. The number of fused-ring (bicyclic) bond motifs is 2. The minimum absolute atomic E-state index is 0.0641. The van der Waals surface area contributed by atoms with Gasteiger partial charge in [-0.25, -0.2) is 0 Å². The summed E-state index contributed by atoms with van der Waals surface area (Å²) in [5, 5.41) is 10.3. The highest BCUT2D eigenvalue weighted by Crippen LogP contribution is 2.26. The lowest BCUT2D eigenvalue weighted by atomic mass is 9.84. The van der Waals surface area contributed by atoms with Gasteiger partial charge in [-0.3, -0.25) is 14.7 Å². The van der Waals surface area contributed by atoms with E-state index in [0.29, 0.717) is 22.3 Å². The second-order valence-corrected chi connectivity index (χ2v) is 6.13. The molecule has 4 aromatic rings. The molecule has 0 spiro atoms. The minimum atomic E-state index is -0.0641. The first kappa shape index (κ1) is 17.5. The quantitative estimate of drug-likeness (QED) is 0.438. The van der Waals surface area contributed by atoms with Gasteiger partial charge < -0.3 is 0 Å². The average molecular weight is 360 g/mol. The van der Waals surface area contributed by atoms with E-state index in [1.807, 2.05) is 29.0 Å². The number of nitrogens with zero attached hydrogens (tertiary/aromatic N) is 1. The van der Waals surface area contributed by atoms with Gasteiger partial charge in [-0.15, -0.1) is 0 Å². The molecule has 2 aromatic carbocycles. The molecule has 4 nitrogen and oxygen atoms in total. The van der Waals surface area contributed by atoms with Gasteiger partial charge >= 0.3 is 0 Å². The summed E-state index contributed by atoms with van der Waals surface area (Å²) in [6.07, 6.45) is 3.46. The first-order valence-electron chi connectivity index (χ1n) is 7.97. The fraction of sp³-hybridized carbons (Fsp3) is 0. The van der Waals surface area contributed by atoms with Crippen molar-refractivity contribution >= 4 is 22.9 Å². The lowest BCUT2D eigenvalue weighted by molar-refractivity contribution is 0.0979. The number of rotatable bonds is 0. The topological polar surface area (TPSA) is 62.8 Å². The molecule has 0 aliphatic heterocycles. The number of H-pyrrole nitrogens is 1. The van der Waals surface area contributed by atoms with Crippen LogP contribution in [0.5, 0.6) is 0 Å². The van der Waals surface area contributed by atoms with Crippen molar-refractivity contribution in [3.63, 3.8) is 0 Å². The first-order chi connectivity index (χ1) is 12.8. The van der Waals surface area contributed by atoms with Crippen LogP contribution in [0.4, 0.5) is 0 Å². The van der Waals surface area contributed by atoms with Gasteiger partial charge in [-0.2, -0.15) is 16.4 Å². The highest BCUT2D eigenvalue weighted by atomic mass is 32.1. The van der Waals surface area contributed by atoms with Gasteiger partial charge in [-0.1, -0.05) is 60.7 Å². The van der Waals surface area contributed by atoms with E-state index in [0.717, 1.165) is 0 Å². The van der Waals surface area contributed by atoms with Crippen molar-refractivity contribution in [2.24, 2.45) is 0 Å². The van der Waals surface area contributed by atoms with Gasteiger partial charge in [0.1, 0.15) is 0 Å². The molecule has 0 radical (unpaired) electrons. The normalized spacial score (nSPS) is 11.2. The number of aromatic amines is 1. The van der Waals surface area contributed by atoms with Gasteiger partial charge in [0.2, 0.25) is 0 Å². The van der Waals surface area contributed by atoms with Crippen molar-refractivity contribution in [2.45, 2.75) is 0 Å². The zero-order chi connectivity index (χ0) is 18.2. The number of carbonyl (C=O) groups is 2. The van der Waals surface area contributed by atoms with Gasteiger partial charge in [0.15, 0.2) is 11.6 Å². The Kier molecular flexibility index (Phi) is 5.85. The van der Waals surface area contributed by atoms with Crippen molar-refractivity contribution in [3.8, 4) is 0 Å². The molecule has 0 bridgehead atoms. The monoisotopic (exact) mass is 360 g/mol. The Bertz CT molecular complexity index is 811. The number of aromatic nitrogens is 2. The van der Waals surface area contributed by atoms with Crippen molar-refractivity contribution in [1.82, 2.24) is 10.2 Å². The van der Waals surface area contributed by atoms with Gasteiger partial charge in [0, 0.05) is 34.6 Å². The predicted octanol–water partition coefficient (Wildman–Crippen LogP) is 4.62. The zero-order valence-corrected chi connectivity index (χ0v) is 14.6. The van der Waals surface area contributed by atoms with E-state index < -0.39 is 0 Å². The van der Waals surface area contributed by atoms with Crippen LogP contribution in [0.15, 0.2) is 89.9 Å². The van der Waals surface area contributed by atoms with Crippen LogP contribution in [-0.4, -0.2) is 21.8 Å². The van der Waals surface area contributed by atoms with Crippen LogP contribution in [0, 0.1) is 0 Å². The molecule has 128 valence electrons. The van der Waals surface area contributed by atoms with Crippen molar-refractivity contribution in [2.75, 3.05) is 0 Å². The fourth-order valence-electron chi connectivity index (χ4n) is 2.49. The molecule has 0 atom stereocenters. The third kappa shape index (κ3) is 4.02. The molecule has 26 heavy (non-hydrogen) atoms. The maximum atomic E-state index is 12.1. The van der Waals surface area contributed by atoms with E-state index in [2.05, 4.69) is 10.2 Å². The van der Waals surface area contributed by atoms with Crippen LogP contribution >= 0.6 is 11.3 Å². The fourth-order valence-corrected chi connectivity index (χ4v) is 2.94. The average Bonchev–Trinajstić information content (AvgIpc) is 3.45. The molecule has 5 heteroatoms. The summed E-state index contributed by atoms with van der Waals surface area (Å²) in [5.41, 5.74) is 2.02. The van der Waals surface area contributed by atoms with E-state index in [4.69, 9.17) is 0 Å².